The zero-order chi connectivity index (χ0) is 17.7. The van der Waals surface area contributed by atoms with Crippen LogP contribution in [0.2, 0.25) is 0 Å². The molecule has 5 nitrogen and oxygen atoms in total. The number of benzene rings is 1. The average molecular weight is 328 g/mol. The van der Waals surface area contributed by atoms with Crippen molar-refractivity contribution < 1.29 is 14.7 Å². The van der Waals surface area contributed by atoms with Crippen molar-refractivity contribution >= 4 is 11.8 Å². The van der Waals surface area contributed by atoms with Gasteiger partial charge in [0.15, 0.2) is 0 Å². The van der Waals surface area contributed by atoms with Crippen molar-refractivity contribution in [2.75, 3.05) is 13.1 Å². The molecule has 24 heavy (non-hydrogen) atoms. The number of Topliss-reactive ketones (excluding diaryl/α,β-unsaturated/α-hetero) is 1. The van der Waals surface area contributed by atoms with E-state index < -0.39 is 11.9 Å². The Balaban J connectivity index is 2.23. The summed E-state index contributed by atoms with van der Waals surface area (Å²) < 4.78 is 0. The molecule has 0 aromatic heterocycles. The Bertz CT molecular complexity index is 655. The highest BCUT2D eigenvalue weighted by Gasteiger charge is 2.30. The molecule has 1 saturated heterocycles. The molecule has 2 N–H and O–H groups in total. The van der Waals surface area contributed by atoms with Crippen molar-refractivity contribution in [2.45, 2.75) is 33.1 Å². The van der Waals surface area contributed by atoms with Crippen LogP contribution >= 0.6 is 0 Å². The molecule has 0 saturated carbocycles. The summed E-state index contributed by atoms with van der Waals surface area (Å²) in [6.07, 6.45) is 1.52. The minimum absolute atomic E-state index is 0.0597. The van der Waals surface area contributed by atoms with Gasteiger partial charge in [0.2, 0.25) is 0 Å². The van der Waals surface area contributed by atoms with Crippen molar-refractivity contribution in [2.24, 2.45) is 17.8 Å². The second kappa shape index (κ2) is 8.07. The number of hydrogen-bond acceptors (Lipinski definition) is 4. The molecule has 0 bridgehead atoms. The molecule has 0 aliphatic carbocycles. The third-order valence-corrected chi connectivity index (χ3v) is 4.64. The first-order valence-electron chi connectivity index (χ1n) is 8.40. The highest BCUT2D eigenvalue weighted by atomic mass is 16.4. The second-order valence-corrected chi connectivity index (χ2v) is 6.85. The van der Waals surface area contributed by atoms with Crippen LogP contribution in [-0.2, 0) is 22.4 Å². The third kappa shape index (κ3) is 4.65. The Hall–Kier alpha value is -2.19. The minimum atomic E-state index is -0.800. The van der Waals surface area contributed by atoms with E-state index >= 15 is 0 Å². The maximum absolute atomic E-state index is 12.0. The van der Waals surface area contributed by atoms with Crippen LogP contribution in [0, 0.1) is 29.1 Å². The van der Waals surface area contributed by atoms with E-state index in [1.54, 1.807) is 12.1 Å². The molecule has 2 rings (SSSR count). The number of carboxylic acid groups (broad SMARTS) is 1. The van der Waals surface area contributed by atoms with Crippen LogP contribution in [0.3, 0.4) is 0 Å². The van der Waals surface area contributed by atoms with E-state index in [0.717, 1.165) is 24.1 Å². The normalized spacial score (nSPS) is 18.3. The van der Waals surface area contributed by atoms with Gasteiger partial charge in [-0.05, 0) is 55.1 Å². The van der Waals surface area contributed by atoms with E-state index in [1.165, 1.54) is 0 Å². The maximum Gasteiger partial charge on any atom is 0.307 e. The molecule has 2 atom stereocenters. The molecule has 2 unspecified atom stereocenters. The Kier molecular flexibility index (Phi) is 6.10. The lowest BCUT2D eigenvalue weighted by Gasteiger charge is -2.19. The van der Waals surface area contributed by atoms with Gasteiger partial charge in [0, 0.05) is 12.3 Å². The number of nitriles is 1. The molecule has 1 aromatic rings. The molecule has 1 fully saturated rings. The van der Waals surface area contributed by atoms with E-state index in [2.05, 4.69) is 11.4 Å². The first kappa shape index (κ1) is 18.2. The fourth-order valence-corrected chi connectivity index (χ4v) is 3.18. The lowest BCUT2D eigenvalue weighted by Crippen LogP contribution is -2.27. The number of hydrogen-bond donors (Lipinski definition) is 2. The summed E-state index contributed by atoms with van der Waals surface area (Å²) in [6.45, 7) is 5.27. The van der Waals surface area contributed by atoms with Crippen LogP contribution in [0.1, 0.15) is 37.0 Å². The lowest BCUT2D eigenvalue weighted by molar-refractivity contribution is -0.143. The number of carbonyl (C=O) groups excluding carboxylic acids is 1. The van der Waals surface area contributed by atoms with Crippen LogP contribution in [0.25, 0.3) is 0 Å². The Labute approximate surface area is 142 Å². The van der Waals surface area contributed by atoms with E-state index in [0.29, 0.717) is 18.5 Å². The summed E-state index contributed by atoms with van der Waals surface area (Å²) in [4.78, 5) is 23.6. The minimum Gasteiger partial charge on any atom is -0.481 e. The monoisotopic (exact) mass is 328 g/mol. The quantitative estimate of drug-likeness (QED) is 0.800. The standard InChI is InChI=1S/C19H24N2O3/c1-12(2)18(22)9-14-5-13(6-15(7-14)10-20)8-17(19(23)24)16-3-4-21-11-16/h5-7,12,16-17,21H,3-4,8-9,11H2,1-2H3,(H,23,24). The first-order valence-corrected chi connectivity index (χ1v) is 8.40. The fourth-order valence-electron chi connectivity index (χ4n) is 3.18. The van der Waals surface area contributed by atoms with Crippen LogP contribution in [0.4, 0.5) is 0 Å². The number of carboxylic acids is 1. The maximum atomic E-state index is 12.0. The van der Waals surface area contributed by atoms with E-state index in [4.69, 9.17) is 0 Å². The molecule has 0 spiro atoms. The molecule has 1 aliphatic heterocycles. The molecule has 128 valence electrons. The molecule has 1 aliphatic rings. The summed E-state index contributed by atoms with van der Waals surface area (Å²) in [5, 5.41) is 22.0. The van der Waals surface area contributed by atoms with Gasteiger partial charge < -0.3 is 10.4 Å². The summed E-state index contributed by atoms with van der Waals surface area (Å²) in [5.41, 5.74) is 2.09. The first-order chi connectivity index (χ1) is 11.4. The van der Waals surface area contributed by atoms with Gasteiger partial charge in [0.25, 0.3) is 0 Å². The number of nitrogens with zero attached hydrogens (tertiary/aromatic N) is 1. The van der Waals surface area contributed by atoms with Crippen molar-refractivity contribution in [3.05, 3.63) is 34.9 Å². The Morgan fingerprint density at radius 2 is 2.04 bits per heavy atom. The molecular formula is C19H24N2O3. The van der Waals surface area contributed by atoms with E-state index in [1.807, 2.05) is 19.9 Å². The topological polar surface area (TPSA) is 90.2 Å². The molecule has 0 amide bonds. The lowest BCUT2D eigenvalue weighted by atomic mass is 9.85. The number of ketones is 1. The zero-order valence-electron chi connectivity index (χ0n) is 14.2. The van der Waals surface area contributed by atoms with Gasteiger partial charge in [0.1, 0.15) is 5.78 Å². The molecule has 0 radical (unpaired) electrons. The smallest absolute Gasteiger partial charge is 0.307 e. The highest BCUT2D eigenvalue weighted by molar-refractivity contribution is 5.82. The van der Waals surface area contributed by atoms with Crippen molar-refractivity contribution in [1.82, 2.24) is 5.32 Å². The Morgan fingerprint density at radius 3 is 2.58 bits per heavy atom. The van der Waals surface area contributed by atoms with Gasteiger partial charge in [-0.25, -0.2) is 0 Å². The van der Waals surface area contributed by atoms with Crippen LogP contribution < -0.4 is 5.32 Å². The number of rotatable bonds is 7. The van der Waals surface area contributed by atoms with Gasteiger partial charge in [-0.15, -0.1) is 0 Å². The van der Waals surface area contributed by atoms with Crippen LogP contribution in [-0.4, -0.2) is 29.9 Å². The van der Waals surface area contributed by atoms with Crippen molar-refractivity contribution in [3.8, 4) is 6.07 Å². The van der Waals surface area contributed by atoms with Crippen LogP contribution in [0.15, 0.2) is 18.2 Å². The largest absolute Gasteiger partial charge is 0.481 e. The number of carbonyl (C=O) groups is 2. The summed E-state index contributed by atoms with van der Waals surface area (Å²) in [7, 11) is 0. The van der Waals surface area contributed by atoms with Gasteiger partial charge in [-0.3, -0.25) is 9.59 Å². The molecule has 5 heteroatoms. The summed E-state index contributed by atoms with van der Waals surface area (Å²) in [6, 6.07) is 7.44. The molecule has 1 heterocycles. The van der Waals surface area contributed by atoms with Gasteiger partial charge in [-0.2, -0.15) is 5.26 Å². The van der Waals surface area contributed by atoms with Crippen molar-refractivity contribution in [3.63, 3.8) is 0 Å². The van der Waals surface area contributed by atoms with Gasteiger partial charge in [-0.1, -0.05) is 19.9 Å². The predicted octanol–water partition coefficient (Wildman–Crippen LogP) is 2.18. The van der Waals surface area contributed by atoms with E-state index in [9.17, 15) is 20.0 Å². The number of nitrogens with one attached hydrogen (secondary N) is 1. The van der Waals surface area contributed by atoms with Crippen molar-refractivity contribution in [1.29, 1.82) is 5.26 Å². The summed E-state index contributed by atoms with van der Waals surface area (Å²) >= 11 is 0. The average Bonchev–Trinajstić information content (AvgIpc) is 3.05. The predicted molar refractivity (Wildman–Crippen MR) is 90.5 cm³/mol. The second-order valence-electron chi connectivity index (χ2n) is 6.85. The van der Waals surface area contributed by atoms with Gasteiger partial charge in [0.05, 0.1) is 17.6 Å². The third-order valence-electron chi connectivity index (χ3n) is 4.64. The molecular weight excluding hydrogens is 304 g/mol. The number of aliphatic carboxylic acids is 1. The zero-order valence-corrected chi connectivity index (χ0v) is 14.2. The SMILES string of the molecule is CC(C)C(=O)Cc1cc(C#N)cc(CC(C(=O)O)C2CCNC2)c1. The van der Waals surface area contributed by atoms with Crippen LogP contribution in [0.5, 0.6) is 0 Å². The Morgan fingerprint density at radius 1 is 1.33 bits per heavy atom. The fraction of sp³-hybridized carbons (Fsp3) is 0.526. The highest BCUT2D eigenvalue weighted by Crippen LogP contribution is 2.25. The molecule has 1 aromatic carbocycles. The van der Waals surface area contributed by atoms with E-state index in [-0.39, 0.29) is 24.0 Å². The summed E-state index contributed by atoms with van der Waals surface area (Å²) in [5.74, 6) is -1.11. The van der Waals surface area contributed by atoms with Gasteiger partial charge >= 0.3 is 5.97 Å².